The van der Waals surface area contributed by atoms with E-state index in [4.69, 9.17) is 0 Å². The maximum atomic E-state index is 13.4. The van der Waals surface area contributed by atoms with E-state index < -0.39 is 18.2 Å². The van der Waals surface area contributed by atoms with Crippen molar-refractivity contribution in [3.63, 3.8) is 0 Å². The smallest absolute Gasteiger partial charge is 0.343 e. The number of rotatable bonds is 4. The number of alkyl halides is 1. The highest BCUT2D eigenvalue weighted by molar-refractivity contribution is 5.75. The number of pyridine rings is 1. The van der Waals surface area contributed by atoms with Crippen LogP contribution in [0.2, 0.25) is 0 Å². The molecule has 0 bridgehead atoms. The molecule has 0 amide bonds. The molecular formula is C11H14FNO3. The number of ether oxygens (including phenoxy) is 1. The summed E-state index contributed by atoms with van der Waals surface area (Å²) in [7, 11) is 0. The molecule has 1 aromatic rings. The van der Waals surface area contributed by atoms with Gasteiger partial charge in [-0.3, -0.25) is 4.98 Å². The summed E-state index contributed by atoms with van der Waals surface area (Å²) in [5.74, 6) is -1.06. The third-order valence-electron chi connectivity index (χ3n) is 2.06. The molecule has 0 spiro atoms. The molecule has 2 unspecified atom stereocenters. The molecule has 0 aliphatic carbocycles. The largest absolute Gasteiger partial charge is 0.464 e. The molecule has 4 nitrogen and oxygen atoms in total. The molecule has 1 aromatic heterocycles. The minimum Gasteiger partial charge on any atom is -0.464 e. The second kappa shape index (κ2) is 5.55. The number of halogens is 1. The number of aliphatic hydroxyl groups is 1. The maximum absolute atomic E-state index is 13.4. The number of aryl methyl sites for hydroxylation is 1. The van der Waals surface area contributed by atoms with Gasteiger partial charge < -0.3 is 9.84 Å². The Morgan fingerprint density at radius 3 is 2.81 bits per heavy atom. The average molecular weight is 227 g/mol. The van der Waals surface area contributed by atoms with E-state index >= 15 is 0 Å². The molecule has 16 heavy (non-hydrogen) atoms. The molecule has 0 radical (unpaired) electrons. The Labute approximate surface area is 93.1 Å². The number of carbonyl (C=O) groups excluding carboxylic acids is 1. The maximum Gasteiger partial charge on any atom is 0.343 e. The summed E-state index contributed by atoms with van der Waals surface area (Å²) < 4.78 is 17.9. The molecule has 1 rings (SSSR count). The van der Waals surface area contributed by atoms with Gasteiger partial charge in [0.05, 0.1) is 6.61 Å². The molecule has 0 aliphatic heterocycles. The number of carbonyl (C=O) groups is 1. The Morgan fingerprint density at radius 2 is 2.31 bits per heavy atom. The zero-order chi connectivity index (χ0) is 12.1. The summed E-state index contributed by atoms with van der Waals surface area (Å²) in [4.78, 5) is 15.0. The summed E-state index contributed by atoms with van der Waals surface area (Å²) in [5, 5.41) is 9.56. The highest BCUT2D eigenvalue weighted by Crippen LogP contribution is 2.19. The quantitative estimate of drug-likeness (QED) is 0.788. The Kier molecular flexibility index (Phi) is 4.37. The van der Waals surface area contributed by atoms with Gasteiger partial charge in [-0.2, -0.15) is 0 Å². The monoisotopic (exact) mass is 227 g/mol. The van der Waals surface area contributed by atoms with Crippen molar-refractivity contribution >= 4 is 5.97 Å². The van der Waals surface area contributed by atoms with E-state index in [1.807, 2.05) is 0 Å². The van der Waals surface area contributed by atoms with Crippen LogP contribution in [0.4, 0.5) is 4.39 Å². The van der Waals surface area contributed by atoms with Crippen molar-refractivity contribution in [3.8, 4) is 0 Å². The second-order valence-corrected chi connectivity index (χ2v) is 3.33. The fourth-order valence-corrected chi connectivity index (χ4v) is 1.17. The van der Waals surface area contributed by atoms with E-state index in [1.165, 1.54) is 12.3 Å². The summed E-state index contributed by atoms with van der Waals surface area (Å²) in [6.45, 7) is 3.43. The number of esters is 1. The van der Waals surface area contributed by atoms with Crippen LogP contribution in [0.15, 0.2) is 18.3 Å². The van der Waals surface area contributed by atoms with E-state index in [-0.39, 0.29) is 12.2 Å². The van der Waals surface area contributed by atoms with E-state index in [0.29, 0.717) is 0 Å². The molecule has 5 heteroatoms. The topological polar surface area (TPSA) is 59.4 Å². The third-order valence-corrected chi connectivity index (χ3v) is 2.06. The lowest BCUT2D eigenvalue weighted by Crippen LogP contribution is -2.26. The van der Waals surface area contributed by atoms with E-state index in [0.717, 1.165) is 5.69 Å². The average Bonchev–Trinajstić information content (AvgIpc) is 2.28. The van der Waals surface area contributed by atoms with Crippen LogP contribution in [-0.2, 0) is 9.53 Å². The lowest BCUT2D eigenvalue weighted by Gasteiger charge is -2.14. The number of aliphatic hydroxyl groups excluding tert-OH is 1. The molecule has 1 heterocycles. The standard InChI is InChI=1S/C11H14FNO3/c1-3-16-11(15)9(12)10(14)8-5-4-7(2)13-6-8/h4-6,9-10,14H,3H2,1-2H3. The zero-order valence-corrected chi connectivity index (χ0v) is 9.18. The molecular weight excluding hydrogens is 213 g/mol. The number of hydrogen-bond donors (Lipinski definition) is 1. The fourth-order valence-electron chi connectivity index (χ4n) is 1.17. The van der Waals surface area contributed by atoms with Gasteiger partial charge >= 0.3 is 5.97 Å². The predicted octanol–water partition coefficient (Wildman–Crippen LogP) is 1.32. The van der Waals surface area contributed by atoms with E-state index in [2.05, 4.69) is 9.72 Å². The van der Waals surface area contributed by atoms with Crippen molar-refractivity contribution < 1.29 is 19.0 Å². The van der Waals surface area contributed by atoms with Crippen LogP contribution >= 0.6 is 0 Å². The first-order chi connectivity index (χ1) is 7.56. The first-order valence-electron chi connectivity index (χ1n) is 4.97. The van der Waals surface area contributed by atoms with Crippen molar-refractivity contribution in [3.05, 3.63) is 29.6 Å². The molecule has 1 N–H and O–H groups in total. The van der Waals surface area contributed by atoms with Gasteiger partial charge in [-0.1, -0.05) is 6.07 Å². The van der Waals surface area contributed by atoms with Gasteiger partial charge in [0.1, 0.15) is 6.10 Å². The second-order valence-electron chi connectivity index (χ2n) is 3.33. The molecule has 0 aromatic carbocycles. The van der Waals surface area contributed by atoms with E-state index in [1.54, 1.807) is 19.9 Å². The Balaban J connectivity index is 2.73. The van der Waals surface area contributed by atoms with Crippen LogP contribution in [-0.4, -0.2) is 28.8 Å². The molecule has 0 saturated carbocycles. The van der Waals surface area contributed by atoms with Crippen molar-refractivity contribution in [2.45, 2.75) is 26.1 Å². The molecule has 0 aliphatic rings. The highest BCUT2D eigenvalue weighted by Gasteiger charge is 2.29. The van der Waals surface area contributed by atoms with Gasteiger partial charge in [0.15, 0.2) is 0 Å². The van der Waals surface area contributed by atoms with Crippen molar-refractivity contribution in [1.29, 1.82) is 0 Å². The van der Waals surface area contributed by atoms with Gasteiger partial charge in [0, 0.05) is 17.5 Å². The lowest BCUT2D eigenvalue weighted by molar-refractivity contribution is -0.153. The number of hydrogen-bond acceptors (Lipinski definition) is 4. The van der Waals surface area contributed by atoms with Gasteiger partial charge in [-0.25, -0.2) is 9.18 Å². The SMILES string of the molecule is CCOC(=O)C(F)C(O)c1ccc(C)nc1. The molecule has 88 valence electrons. The van der Waals surface area contributed by atoms with Crippen molar-refractivity contribution in [2.24, 2.45) is 0 Å². The van der Waals surface area contributed by atoms with Gasteiger partial charge in [-0.15, -0.1) is 0 Å². The first kappa shape index (κ1) is 12.6. The first-order valence-corrected chi connectivity index (χ1v) is 4.97. The van der Waals surface area contributed by atoms with Gasteiger partial charge in [0.25, 0.3) is 0 Å². The lowest BCUT2D eigenvalue weighted by atomic mass is 10.1. The molecule has 0 saturated heterocycles. The van der Waals surface area contributed by atoms with Crippen LogP contribution in [0, 0.1) is 6.92 Å². The van der Waals surface area contributed by atoms with Crippen molar-refractivity contribution in [2.75, 3.05) is 6.61 Å². The van der Waals surface area contributed by atoms with Crippen LogP contribution in [0.3, 0.4) is 0 Å². The van der Waals surface area contributed by atoms with Crippen LogP contribution < -0.4 is 0 Å². The third kappa shape index (κ3) is 3.00. The zero-order valence-electron chi connectivity index (χ0n) is 9.18. The molecule has 2 atom stereocenters. The van der Waals surface area contributed by atoms with Gasteiger partial charge in [-0.05, 0) is 19.9 Å². The Morgan fingerprint density at radius 1 is 1.62 bits per heavy atom. The van der Waals surface area contributed by atoms with Crippen LogP contribution in [0.1, 0.15) is 24.3 Å². The Bertz CT molecular complexity index is 353. The summed E-state index contributed by atoms with van der Waals surface area (Å²) in [6, 6.07) is 3.16. The fraction of sp³-hybridized carbons (Fsp3) is 0.455. The van der Waals surface area contributed by atoms with Crippen molar-refractivity contribution in [1.82, 2.24) is 4.98 Å². The minimum atomic E-state index is -2.08. The van der Waals surface area contributed by atoms with Gasteiger partial charge in [0.2, 0.25) is 6.17 Å². The van der Waals surface area contributed by atoms with Crippen LogP contribution in [0.25, 0.3) is 0 Å². The number of nitrogens with zero attached hydrogens (tertiary/aromatic N) is 1. The number of aromatic nitrogens is 1. The highest BCUT2D eigenvalue weighted by atomic mass is 19.1. The summed E-state index contributed by atoms with van der Waals surface area (Å²) >= 11 is 0. The van der Waals surface area contributed by atoms with E-state index in [9.17, 15) is 14.3 Å². The van der Waals surface area contributed by atoms with Crippen LogP contribution in [0.5, 0.6) is 0 Å². The summed E-state index contributed by atoms with van der Waals surface area (Å²) in [5.41, 5.74) is 1.01. The predicted molar refractivity (Wildman–Crippen MR) is 55.5 cm³/mol. The normalized spacial score (nSPS) is 14.2. The Hall–Kier alpha value is -1.49. The minimum absolute atomic E-state index is 0.0815. The molecule has 0 fully saturated rings. The summed E-state index contributed by atoms with van der Waals surface area (Å²) in [6.07, 6.45) is -2.28.